The smallest absolute Gasteiger partial charge is 0.321 e. The van der Waals surface area contributed by atoms with E-state index in [0.717, 1.165) is 0 Å². The molecule has 4 aromatic rings. The molecule has 0 aliphatic rings. The Labute approximate surface area is 197 Å². The molecule has 4 aromatic carbocycles. The van der Waals surface area contributed by atoms with E-state index >= 15 is 0 Å². The number of hydrogen-bond acceptors (Lipinski definition) is 3. The molecule has 6 heteroatoms. The first kappa shape index (κ1) is 23.3. The number of benzene rings is 4. The summed E-state index contributed by atoms with van der Waals surface area (Å²) in [5, 5.41) is -0.173. The van der Waals surface area contributed by atoms with Crippen LogP contribution in [0.25, 0.3) is 11.4 Å². The highest BCUT2D eigenvalue weighted by molar-refractivity contribution is 7.63. The highest BCUT2D eigenvalue weighted by Crippen LogP contribution is 2.52. The van der Waals surface area contributed by atoms with Crippen molar-refractivity contribution in [2.45, 2.75) is 0 Å². The standard InChI is InChI=1S/C28H21O5P/c29-27(22-7-3-1-4-8-22)24-13-11-20(12-14-24)19-26(34(31,32)33)21-15-17-25(18-16-21)28(30)23-9-5-2-6-10-23/h1-19H,(H2,31,32,33). The quantitative estimate of drug-likeness (QED) is 0.202. The third-order valence-corrected chi connectivity index (χ3v) is 6.32. The van der Waals surface area contributed by atoms with Crippen LogP contribution in [0.1, 0.15) is 43.0 Å². The van der Waals surface area contributed by atoms with Crippen LogP contribution in [0.5, 0.6) is 0 Å². The molecule has 0 spiro atoms. The van der Waals surface area contributed by atoms with Crippen molar-refractivity contribution in [3.8, 4) is 0 Å². The summed E-state index contributed by atoms with van der Waals surface area (Å²) in [5.41, 5.74) is 2.83. The van der Waals surface area contributed by atoms with Crippen LogP contribution in [-0.2, 0) is 4.57 Å². The molecule has 0 saturated heterocycles. The van der Waals surface area contributed by atoms with Gasteiger partial charge in [-0.05, 0) is 17.2 Å². The fourth-order valence-corrected chi connectivity index (χ4v) is 4.33. The van der Waals surface area contributed by atoms with Crippen LogP contribution in [0, 0.1) is 0 Å². The molecule has 0 amide bonds. The molecule has 34 heavy (non-hydrogen) atoms. The molecule has 0 unspecified atom stereocenters. The minimum atomic E-state index is -4.63. The lowest BCUT2D eigenvalue weighted by atomic mass is 10.0. The summed E-state index contributed by atoms with van der Waals surface area (Å²) < 4.78 is 12.2. The normalized spacial score (nSPS) is 11.8. The topological polar surface area (TPSA) is 91.7 Å². The highest BCUT2D eigenvalue weighted by atomic mass is 31.2. The number of rotatable bonds is 7. The van der Waals surface area contributed by atoms with Crippen molar-refractivity contribution in [1.29, 1.82) is 0 Å². The van der Waals surface area contributed by atoms with Crippen molar-refractivity contribution < 1.29 is 23.9 Å². The van der Waals surface area contributed by atoms with Gasteiger partial charge in [-0.25, -0.2) is 0 Å². The maximum absolute atomic E-state index is 12.6. The zero-order valence-corrected chi connectivity index (χ0v) is 18.9. The molecule has 0 saturated carbocycles. The van der Waals surface area contributed by atoms with Crippen molar-refractivity contribution in [1.82, 2.24) is 0 Å². The summed E-state index contributed by atoms with van der Waals surface area (Å²) in [6.45, 7) is 0. The van der Waals surface area contributed by atoms with Gasteiger partial charge in [0, 0.05) is 22.3 Å². The van der Waals surface area contributed by atoms with E-state index in [9.17, 15) is 23.9 Å². The van der Waals surface area contributed by atoms with Crippen molar-refractivity contribution >= 4 is 30.6 Å². The summed E-state index contributed by atoms with van der Waals surface area (Å²) in [7, 11) is -4.63. The molecule has 0 bridgehead atoms. The molecule has 5 nitrogen and oxygen atoms in total. The summed E-state index contributed by atoms with van der Waals surface area (Å²) in [6, 6.07) is 30.3. The number of carbonyl (C=O) groups excluding carboxylic acids is 2. The van der Waals surface area contributed by atoms with Crippen molar-refractivity contribution in [2.24, 2.45) is 0 Å². The first-order valence-electron chi connectivity index (χ1n) is 10.5. The Hall–Kier alpha value is -3.89. The summed E-state index contributed by atoms with van der Waals surface area (Å²) in [6.07, 6.45) is 1.39. The minimum Gasteiger partial charge on any atom is -0.321 e. The first-order chi connectivity index (χ1) is 16.3. The Balaban J connectivity index is 1.61. The number of ketones is 2. The Morgan fingerprint density at radius 2 is 0.882 bits per heavy atom. The van der Waals surface area contributed by atoms with E-state index in [-0.39, 0.29) is 16.9 Å². The molecule has 0 fully saturated rings. The molecule has 0 aliphatic heterocycles. The number of carbonyl (C=O) groups is 2. The van der Waals surface area contributed by atoms with Gasteiger partial charge in [-0.2, -0.15) is 0 Å². The van der Waals surface area contributed by atoms with Gasteiger partial charge in [-0.1, -0.05) is 109 Å². The van der Waals surface area contributed by atoms with E-state index in [1.807, 2.05) is 12.1 Å². The van der Waals surface area contributed by atoms with Crippen molar-refractivity contribution in [2.75, 3.05) is 0 Å². The first-order valence-corrected chi connectivity index (χ1v) is 12.1. The van der Waals surface area contributed by atoms with Crippen LogP contribution in [0.4, 0.5) is 0 Å². The second-order valence-corrected chi connectivity index (χ2v) is 9.23. The molecule has 0 radical (unpaired) electrons. The van der Waals surface area contributed by atoms with Crippen LogP contribution < -0.4 is 0 Å². The Kier molecular flexibility index (Phi) is 6.80. The SMILES string of the molecule is O=C(c1ccccc1)c1ccc(C=C(c2ccc(C(=O)c3ccccc3)cc2)P(=O)(O)O)cc1. The van der Waals surface area contributed by atoms with Crippen LogP contribution in [0.3, 0.4) is 0 Å². The third kappa shape index (κ3) is 5.36. The van der Waals surface area contributed by atoms with E-state index in [1.54, 1.807) is 84.9 Å². The second-order valence-electron chi connectivity index (χ2n) is 7.66. The predicted molar refractivity (Wildman–Crippen MR) is 133 cm³/mol. The molecule has 0 atom stereocenters. The van der Waals surface area contributed by atoms with Gasteiger partial charge in [-0.3, -0.25) is 14.2 Å². The highest BCUT2D eigenvalue weighted by Gasteiger charge is 2.23. The van der Waals surface area contributed by atoms with Crippen LogP contribution >= 0.6 is 7.60 Å². The lowest BCUT2D eigenvalue weighted by Crippen LogP contribution is -2.01. The van der Waals surface area contributed by atoms with E-state index in [2.05, 4.69) is 0 Å². The average Bonchev–Trinajstić information content (AvgIpc) is 2.87. The lowest BCUT2D eigenvalue weighted by molar-refractivity contribution is 0.103. The fourth-order valence-electron chi connectivity index (χ4n) is 3.53. The summed E-state index contributed by atoms with van der Waals surface area (Å²) >= 11 is 0. The van der Waals surface area contributed by atoms with E-state index < -0.39 is 7.60 Å². The minimum absolute atomic E-state index is 0.134. The largest absolute Gasteiger partial charge is 0.356 e. The maximum atomic E-state index is 12.6. The fraction of sp³-hybridized carbons (Fsp3) is 0. The van der Waals surface area contributed by atoms with Gasteiger partial charge in [-0.15, -0.1) is 0 Å². The molecule has 0 heterocycles. The van der Waals surface area contributed by atoms with Gasteiger partial charge in [0.25, 0.3) is 0 Å². The van der Waals surface area contributed by atoms with E-state index in [4.69, 9.17) is 0 Å². The second kappa shape index (κ2) is 9.94. The van der Waals surface area contributed by atoms with Gasteiger partial charge in [0.2, 0.25) is 0 Å². The van der Waals surface area contributed by atoms with Crippen LogP contribution in [0.2, 0.25) is 0 Å². The monoisotopic (exact) mass is 468 g/mol. The number of hydrogen-bond donors (Lipinski definition) is 2. The molecule has 168 valence electrons. The third-order valence-electron chi connectivity index (χ3n) is 5.30. The van der Waals surface area contributed by atoms with Gasteiger partial charge < -0.3 is 9.79 Å². The lowest BCUT2D eigenvalue weighted by Gasteiger charge is -2.11. The molecular formula is C28H21O5P. The summed E-state index contributed by atoms with van der Waals surface area (Å²) in [5.74, 6) is -0.308. The van der Waals surface area contributed by atoms with Gasteiger partial charge in [0.15, 0.2) is 11.6 Å². The van der Waals surface area contributed by atoms with Gasteiger partial charge in [0.1, 0.15) is 0 Å². The average molecular weight is 468 g/mol. The Morgan fingerprint density at radius 1 is 0.529 bits per heavy atom. The van der Waals surface area contributed by atoms with Crippen LogP contribution in [0.15, 0.2) is 109 Å². The van der Waals surface area contributed by atoms with Gasteiger partial charge in [0.05, 0.1) is 5.31 Å². The Morgan fingerprint density at radius 3 is 1.29 bits per heavy atom. The zero-order chi connectivity index (χ0) is 24.1. The molecule has 4 rings (SSSR count). The molecule has 2 N–H and O–H groups in total. The summed E-state index contributed by atoms with van der Waals surface area (Å²) in [4.78, 5) is 45.1. The zero-order valence-electron chi connectivity index (χ0n) is 18.0. The molecule has 0 aromatic heterocycles. The van der Waals surface area contributed by atoms with Crippen LogP contribution in [-0.4, -0.2) is 21.4 Å². The van der Waals surface area contributed by atoms with E-state index in [0.29, 0.717) is 33.4 Å². The van der Waals surface area contributed by atoms with E-state index in [1.165, 1.54) is 18.2 Å². The van der Waals surface area contributed by atoms with Crippen molar-refractivity contribution in [3.63, 3.8) is 0 Å². The maximum Gasteiger partial charge on any atom is 0.356 e. The van der Waals surface area contributed by atoms with Gasteiger partial charge >= 0.3 is 7.60 Å². The van der Waals surface area contributed by atoms with Crippen molar-refractivity contribution in [3.05, 3.63) is 143 Å². The Bertz CT molecular complexity index is 1390. The predicted octanol–water partition coefficient (Wildman–Crippen LogP) is 5.82. The molecule has 0 aliphatic carbocycles. The molecular weight excluding hydrogens is 447 g/mol.